The van der Waals surface area contributed by atoms with Gasteiger partial charge in [0.1, 0.15) is 11.5 Å². The predicted molar refractivity (Wildman–Crippen MR) is 99.4 cm³/mol. The number of aryl methyl sites for hydroxylation is 1. The second kappa shape index (κ2) is 8.84. The first-order chi connectivity index (χ1) is 12.8. The highest BCUT2D eigenvalue weighted by Crippen LogP contribution is 2.25. The monoisotopic (exact) mass is 371 g/mol. The van der Waals surface area contributed by atoms with Crippen molar-refractivity contribution in [3.8, 4) is 11.5 Å². The highest BCUT2D eigenvalue weighted by molar-refractivity contribution is 6.02. The molecule has 2 aromatic rings. The molecular formula is C20H21NO6. The number of phenolic OH excluding ortho intramolecular Hbond substituents is 1. The van der Waals surface area contributed by atoms with Crippen molar-refractivity contribution in [3.63, 3.8) is 0 Å². The van der Waals surface area contributed by atoms with Crippen molar-refractivity contribution >= 4 is 23.3 Å². The molecule has 2 aromatic carbocycles. The van der Waals surface area contributed by atoms with Crippen LogP contribution in [0.3, 0.4) is 0 Å². The molecule has 1 amide bonds. The summed E-state index contributed by atoms with van der Waals surface area (Å²) in [4.78, 5) is 35.9. The maximum Gasteiger partial charge on any atom is 0.337 e. The van der Waals surface area contributed by atoms with Gasteiger partial charge in [0.05, 0.1) is 31.0 Å². The van der Waals surface area contributed by atoms with Crippen LogP contribution in [-0.2, 0) is 9.53 Å². The highest BCUT2D eigenvalue weighted by Gasteiger charge is 2.16. The van der Waals surface area contributed by atoms with Crippen molar-refractivity contribution in [1.82, 2.24) is 0 Å². The molecule has 0 aliphatic rings. The fourth-order valence-corrected chi connectivity index (χ4v) is 2.50. The molecule has 0 spiro atoms. The van der Waals surface area contributed by atoms with Crippen LogP contribution in [0.2, 0.25) is 0 Å². The van der Waals surface area contributed by atoms with Crippen molar-refractivity contribution in [3.05, 3.63) is 53.1 Å². The van der Waals surface area contributed by atoms with Gasteiger partial charge >= 0.3 is 5.97 Å². The van der Waals surface area contributed by atoms with Crippen molar-refractivity contribution in [2.75, 3.05) is 19.5 Å². The number of rotatable bonds is 7. The first-order valence-corrected chi connectivity index (χ1v) is 8.24. The fraction of sp³-hybridized carbons (Fsp3) is 0.250. The number of nitrogens with one attached hydrogen (secondary N) is 1. The van der Waals surface area contributed by atoms with Crippen molar-refractivity contribution in [2.24, 2.45) is 0 Å². The third kappa shape index (κ3) is 5.07. The van der Waals surface area contributed by atoms with E-state index in [9.17, 15) is 19.5 Å². The summed E-state index contributed by atoms with van der Waals surface area (Å²) in [6.45, 7) is 1.86. The van der Waals surface area contributed by atoms with Crippen LogP contribution in [0.15, 0.2) is 36.4 Å². The van der Waals surface area contributed by atoms with Crippen LogP contribution < -0.4 is 10.1 Å². The Kier molecular flexibility index (Phi) is 6.54. The predicted octanol–water partition coefficient (Wildman–Crippen LogP) is 3.10. The number of hydrogen-bond acceptors (Lipinski definition) is 6. The highest BCUT2D eigenvalue weighted by atomic mass is 16.5. The quantitative estimate of drug-likeness (QED) is 0.440. The molecule has 27 heavy (non-hydrogen) atoms. The molecule has 0 aliphatic heterocycles. The molecule has 0 saturated heterocycles. The van der Waals surface area contributed by atoms with E-state index in [1.807, 2.05) is 13.0 Å². The zero-order chi connectivity index (χ0) is 20.0. The Labute approximate surface area is 156 Å². The summed E-state index contributed by atoms with van der Waals surface area (Å²) < 4.78 is 9.75. The van der Waals surface area contributed by atoms with E-state index in [1.165, 1.54) is 32.4 Å². The van der Waals surface area contributed by atoms with Gasteiger partial charge in [0.15, 0.2) is 5.78 Å². The Morgan fingerprint density at radius 1 is 1.04 bits per heavy atom. The van der Waals surface area contributed by atoms with Gasteiger partial charge in [-0.15, -0.1) is 0 Å². The Bertz CT molecular complexity index is 875. The molecule has 0 aliphatic carbocycles. The minimum absolute atomic E-state index is 0.00729. The Hall–Kier alpha value is -3.35. The van der Waals surface area contributed by atoms with E-state index in [0.717, 1.165) is 5.56 Å². The molecule has 7 nitrogen and oxygen atoms in total. The van der Waals surface area contributed by atoms with Crippen molar-refractivity contribution in [2.45, 2.75) is 19.8 Å². The fourth-order valence-electron chi connectivity index (χ4n) is 2.50. The molecule has 0 radical (unpaired) electrons. The number of anilines is 1. The summed E-state index contributed by atoms with van der Waals surface area (Å²) in [6.07, 6.45) is -0.0687. The molecule has 0 atom stereocenters. The third-order valence-electron chi connectivity index (χ3n) is 3.93. The second-order valence-corrected chi connectivity index (χ2v) is 5.90. The smallest absolute Gasteiger partial charge is 0.337 e. The second-order valence-electron chi connectivity index (χ2n) is 5.90. The molecule has 2 N–H and O–H groups in total. The number of hydrogen-bond donors (Lipinski definition) is 2. The molecule has 7 heteroatoms. The van der Waals surface area contributed by atoms with E-state index < -0.39 is 11.9 Å². The van der Waals surface area contributed by atoms with Gasteiger partial charge in [0, 0.05) is 12.8 Å². The summed E-state index contributed by atoms with van der Waals surface area (Å²) >= 11 is 0. The molecule has 142 valence electrons. The van der Waals surface area contributed by atoms with E-state index in [4.69, 9.17) is 4.74 Å². The maximum absolute atomic E-state index is 12.4. The third-order valence-corrected chi connectivity index (χ3v) is 3.93. The summed E-state index contributed by atoms with van der Waals surface area (Å²) in [5.74, 6) is -1.05. The molecule has 2 rings (SSSR count). The van der Waals surface area contributed by atoms with Crippen molar-refractivity contribution in [1.29, 1.82) is 0 Å². The summed E-state index contributed by atoms with van der Waals surface area (Å²) in [5, 5.41) is 12.4. The van der Waals surface area contributed by atoms with Crippen LogP contribution in [-0.4, -0.2) is 37.0 Å². The number of ketones is 1. The molecule has 0 bridgehead atoms. The lowest BCUT2D eigenvalue weighted by Crippen LogP contribution is -2.14. The number of aromatic hydroxyl groups is 1. The van der Waals surface area contributed by atoms with Crippen LogP contribution in [0.4, 0.5) is 5.69 Å². The van der Waals surface area contributed by atoms with Gasteiger partial charge in [-0.05, 0) is 37.3 Å². The first kappa shape index (κ1) is 20.0. The normalized spacial score (nSPS) is 10.2. The number of methoxy groups -OCH3 is 2. The number of esters is 1. The number of Topliss-reactive ketones (excluding diaryl/α,β-unsaturated/α-hetero) is 1. The average Bonchev–Trinajstić information content (AvgIpc) is 2.66. The van der Waals surface area contributed by atoms with Gasteiger partial charge < -0.3 is 19.9 Å². The molecular weight excluding hydrogens is 350 g/mol. The molecule has 0 heterocycles. The van der Waals surface area contributed by atoms with Gasteiger partial charge in [-0.1, -0.05) is 11.6 Å². The van der Waals surface area contributed by atoms with Gasteiger partial charge in [-0.25, -0.2) is 4.79 Å². The standard InChI is InChI=1S/C20H21NO6/c1-12-4-8-18(26-2)14(10-12)16(22)7-9-19(24)21-15-6-5-13(11-17(15)23)20(25)27-3/h4-6,8,10-11,23H,7,9H2,1-3H3,(H,21,24). The first-order valence-electron chi connectivity index (χ1n) is 8.24. The van der Waals surface area contributed by atoms with E-state index >= 15 is 0 Å². The van der Waals surface area contributed by atoms with Crippen LogP contribution in [0, 0.1) is 6.92 Å². The SMILES string of the molecule is COC(=O)c1ccc(NC(=O)CCC(=O)c2cc(C)ccc2OC)c(O)c1. The zero-order valence-electron chi connectivity index (χ0n) is 15.4. The maximum atomic E-state index is 12.4. The van der Waals surface area contributed by atoms with Crippen LogP contribution in [0.5, 0.6) is 11.5 Å². The molecule has 0 fully saturated rings. The van der Waals surface area contributed by atoms with Crippen molar-refractivity contribution < 1.29 is 29.0 Å². The number of carbonyl (C=O) groups excluding carboxylic acids is 3. The van der Waals surface area contributed by atoms with Gasteiger partial charge in [-0.3, -0.25) is 9.59 Å². The Morgan fingerprint density at radius 3 is 2.41 bits per heavy atom. The molecule has 0 saturated carbocycles. The van der Waals surface area contributed by atoms with E-state index in [0.29, 0.717) is 11.3 Å². The van der Waals surface area contributed by atoms with E-state index in [2.05, 4.69) is 10.1 Å². The van der Waals surface area contributed by atoms with E-state index in [-0.39, 0.29) is 35.6 Å². The Morgan fingerprint density at radius 2 is 1.78 bits per heavy atom. The minimum atomic E-state index is -0.596. The number of benzene rings is 2. The summed E-state index contributed by atoms with van der Waals surface area (Å²) in [5.41, 5.74) is 1.65. The van der Waals surface area contributed by atoms with Crippen LogP contribution in [0.1, 0.15) is 39.1 Å². The number of phenols is 1. The van der Waals surface area contributed by atoms with Gasteiger partial charge in [0.2, 0.25) is 5.91 Å². The van der Waals surface area contributed by atoms with Crippen LogP contribution >= 0.6 is 0 Å². The largest absolute Gasteiger partial charge is 0.506 e. The van der Waals surface area contributed by atoms with Gasteiger partial charge in [-0.2, -0.15) is 0 Å². The number of ether oxygens (including phenoxy) is 2. The lowest BCUT2D eigenvalue weighted by molar-refractivity contribution is -0.116. The summed E-state index contributed by atoms with van der Waals surface area (Å²) in [7, 11) is 2.71. The zero-order valence-corrected chi connectivity index (χ0v) is 15.4. The topological polar surface area (TPSA) is 102 Å². The van der Waals surface area contributed by atoms with Gasteiger partial charge in [0.25, 0.3) is 0 Å². The molecule has 0 unspecified atom stereocenters. The van der Waals surface area contributed by atoms with E-state index in [1.54, 1.807) is 12.1 Å². The molecule has 0 aromatic heterocycles. The summed E-state index contributed by atoms with van der Waals surface area (Å²) in [6, 6.07) is 9.28. The number of amides is 1. The minimum Gasteiger partial charge on any atom is -0.506 e. The Balaban J connectivity index is 1.99. The average molecular weight is 371 g/mol. The van der Waals surface area contributed by atoms with Crippen LogP contribution in [0.25, 0.3) is 0 Å². The lowest BCUT2D eigenvalue weighted by atomic mass is 10.0. The number of carbonyl (C=O) groups is 3. The lowest BCUT2D eigenvalue weighted by Gasteiger charge is -2.10.